The number of β-amino-alcohol motifs (C(OH)–C–C–N with tert-alkyl or cyclic N) is 1. The molecule has 2 aromatic rings. The summed E-state index contributed by atoms with van der Waals surface area (Å²) in [5.41, 5.74) is 1.96. The number of aromatic nitrogens is 1. The molecule has 4 nitrogen and oxygen atoms in total. The van der Waals surface area contributed by atoms with E-state index in [-0.39, 0.29) is 11.9 Å². The molecule has 5 heteroatoms. The summed E-state index contributed by atoms with van der Waals surface area (Å²) in [7, 11) is 0. The van der Waals surface area contributed by atoms with Crippen LogP contribution in [0.25, 0.3) is 0 Å². The molecule has 1 aromatic heterocycles. The van der Waals surface area contributed by atoms with E-state index in [1.54, 1.807) is 24.4 Å². The quantitative estimate of drug-likeness (QED) is 0.919. The maximum atomic E-state index is 13.4. The van der Waals surface area contributed by atoms with Crippen LogP contribution in [0.3, 0.4) is 0 Å². The SMILES string of the molecule is N#Cc1cc(N2C[C@H](O)C[C@H]2c2cccc(F)c2)ccn1. The summed E-state index contributed by atoms with van der Waals surface area (Å²) in [5, 5.41) is 18.9. The molecule has 2 atom stereocenters. The maximum Gasteiger partial charge on any atom is 0.142 e. The molecule has 1 aliphatic rings. The van der Waals surface area contributed by atoms with Crippen LogP contribution < -0.4 is 4.90 Å². The van der Waals surface area contributed by atoms with Crippen molar-refractivity contribution >= 4 is 5.69 Å². The molecular weight excluding hydrogens is 269 g/mol. The Labute approximate surface area is 122 Å². The van der Waals surface area contributed by atoms with Crippen molar-refractivity contribution in [2.24, 2.45) is 0 Å². The minimum absolute atomic E-state index is 0.107. The van der Waals surface area contributed by atoms with Crippen LogP contribution in [0.2, 0.25) is 0 Å². The predicted molar refractivity (Wildman–Crippen MR) is 76.1 cm³/mol. The van der Waals surface area contributed by atoms with Crippen LogP contribution in [0.4, 0.5) is 10.1 Å². The van der Waals surface area contributed by atoms with Gasteiger partial charge in [-0.2, -0.15) is 5.26 Å². The van der Waals surface area contributed by atoms with Gasteiger partial charge in [-0.3, -0.25) is 0 Å². The lowest BCUT2D eigenvalue weighted by Gasteiger charge is -2.26. The Kier molecular flexibility index (Phi) is 3.55. The summed E-state index contributed by atoms with van der Waals surface area (Å²) in [6, 6.07) is 11.8. The molecule has 1 fully saturated rings. The van der Waals surface area contributed by atoms with Crippen LogP contribution >= 0.6 is 0 Å². The highest BCUT2D eigenvalue weighted by molar-refractivity contribution is 5.52. The number of rotatable bonds is 2. The molecule has 0 spiro atoms. The van der Waals surface area contributed by atoms with Crippen molar-refractivity contribution in [2.75, 3.05) is 11.4 Å². The van der Waals surface area contributed by atoms with Crippen molar-refractivity contribution < 1.29 is 9.50 Å². The first-order valence-corrected chi connectivity index (χ1v) is 6.73. The van der Waals surface area contributed by atoms with Crippen molar-refractivity contribution in [1.29, 1.82) is 5.26 Å². The number of nitrogens with zero attached hydrogens (tertiary/aromatic N) is 3. The summed E-state index contributed by atoms with van der Waals surface area (Å²) in [4.78, 5) is 5.94. The first kappa shape index (κ1) is 13.5. The zero-order valence-corrected chi connectivity index (χ0v) is 11.3. The van der Waals surface area contributed by atoms with Gasteiger partial charge in [-0.15, -0.1) is 0 Å². The van der Waals surface area contributed by atoms with Crippen LogP contribution in [0, 0.1) is 17.1 Å². The first-order chi connectivity index (χ1) is 10.2. The number of aliphatic hydroxyl groups excluding tert-OH is 1. The molecule has 1 aromatic carbocycles. The average Bonchev–Trinajstić information content (AvgIpc) is 2.89. The zero-order chi connectivity index (χ0) is 14.8. The number of halogens is 1. The van der Waals surface area contributed by atoms with Gasteiger partial charge < -0.3 is 10.0 Å². The number of nitriles is 1. The van der Waals surface area contributed by atoms with Crippen molar-refractivity contribution in [2.45, 2.75) is 18.6 Å². The van der Waals surface area contributed by atoms with Gasteiger partial charge in [-0.1, -0.05) is 12.1 Å². The monoisotopic (exact) mass is 283 g/mol. The Morgan fingerprint density at radius 2 is 2.19 bits per heavy atom. The van der Waals surface area contributed by atoms with E-state index in [1.165, 1.54) is 12.1 Å². The highest BCUT2D eigenvalue weighted by atomic mass is 19.1. The highest BCUT2D eigenvalue weighted by Crippen LogP contribution is 2.36. The molecule has 0 amide bonds. The van der Waals surface area contributed by atoms with E-state index in [2.05, 4.69) is 4.98 Å². The van der Waals surface area contributed by atoms with Gasteiger partial charge in [-0.05, 0) is 36.2 Å². The van der Waals surface area contributed by atoms with Gasteiger partial charge in [0.15, 0.2) is 0 Å². The van der Waals surface area contributed by atoms with Crippen molar-refractivity contribution in [3.8, 4) is 6.07 Å². The van der Waals surface area contributed by atoms with Gasteiger partial charge in [0.1, 0.15) is 17.6 Å². The molecule has 1 aliphatic heterocycles. The van der Waals surface area contributed by atoms with Gasteiger partial charge in [0.2, 0.25) is 0 Å². The van der Waals surface area contributed by atoms with Crippen LogP contribution in [0.1, 0.15) is 23.7 Å². The smallest absolute Gasteiger partial charge is 0.142 e. The van der Waals surface area contributed by atoms with E-state index in [0.717, 1.165) is 11.3 Å². The van der Waals surface area contributed by atoms with E-state index in [0.29, 0.717) is 18.7 Å². The van der Waals surface area contributed by atoms with Crippen LogP contribution in [-0.4, -0.2) is 22.7 Å². The predicted octanol–water partition coefficient (Wildman–Crippen LogP) is 2.40. The average molecular weight is 283 g/mol. The third-order valence-corrected chi connectivity index (χ3v) is 3.70. The normalized spacial score (nSPS) is 21.3. The molecular formula is C16H14FN3O. The van der Waals surface area contributed by atoms with Gasteiger partial charge in [-0.25, -0.2) is 9.37 Å². The van der Waals surface area contributed by atoms with Crippen LogP contribution in [-0.2, 0) is 0 Å². The summed E-state index contributed by atoms with van der Waals surface area (Å²) < 4.78 is 13.4. The summed E-state index contributed by atoms with van der Waals surface area (Å²) in [6.45, 7) is 0.454. The fourth-order valence-corrected chi connectivity index (χ4v) is 2.79. The Balaban J connectivity index is 1.97. The Morgan fingerprint density at radius 1 is 1.33 bits per heavy atom. The van der Waals surface area contributed by atoms with Gasteiger partial charge in [0.25, 0.3) is 0 Å². The Hall–Kier alpha value is -2.45. The van der Waals surface area contributed by atoms with Crippen molar-refractivity contribution in [3.63, 3.8) is 0 Å². The maximum absolute atomic E-state index is 13.4. The highest BCUT2D eigenvalue weighted by Gasteiger charge is 2.32. The zero-order valence-electron chi connectivity index (χ0n) is 11.3. The molecule has 0 unspecified atom stereocenters. The fraction of sp³-hybridized carbons (Fsp3) is 0.250. The number of anilines is 1. The molecule has 0 saturated carbocycles. The minimum Gasteiger partial charge on any atom is -0.391 e. The van der Waals surface area contributed by atoms with Gasteiger partial charge >= 0.3 is 0 Å². The van der Waals surface area contributed by atoms with Gasteiger partial charge in [0, 0.05) is 18.4 Å². The fourth-order valence-electron chi connectivity index (χ4n) is 2.79. The lowest BCUT2D eigenvalue weighted by Crippen LogP contribution is -2.24. The molecule has 106 valence electrons. The van der Waals surface area contributed by atoms with Crippen LogP contribution in [0.5, 0.6) is 0 Å². The molecule has 1 N–H and O–H groups in total. The van der Waals surface area contributed by atoms with E-state index >= 15 is 0 Å². The summed E-state index contributed by atoms with van der Waals surface area (Å²) in [5.74, 6) is -0.290. The number of aliphatic hydroxyl groups is 1. The number of hydrogen-bond acceptors (Lipinski definition) is 4. The van der Waals surface area contributed by atoms with Crippen LogP contribution in [0.15, 0.2) is 42.6 Å². The lowest BCUT2D eigenvalue weighted by atomic mass is 10.0. The lowest BCUT2D eigenvalue weighted by molar-refractivity contribution is 0.194. The third kappa shape index (κ3) is 2.71. The van der Waals surface area contributed by atoms with E-state index in [9.17, 15) is 9.50 Å². The second-order valence-electron chi connectivity index (χ2n) is 5.12. The number of hydrogen-bond donors (Lipinski definition) is 1. The van der Waals surface area contributed by atoms with Crippen molar-refractivity contribution in [1.82, 2.24) is 4.98 Å². The summed E-state index contributed by atoms with van der Waals surface area (Å²) in [6.07, 6.45) is 1.63. The number of benzene rings is 1. The first-order valence-electron chi connectivity index (χ1n) is 6.73. The molecule has 1 saturated heterocycles. The molecule has 3 rings (SSSR count). The second-order valence-corrected chi connectivity index (χ2v) is 5.12. The van der Waals surface area contributed by atoms with Gasteiger partial charge in [0.05, 0.1) is 12.1 Å². The molecule has 2 heterocycles. The van der Waals surface area contributed by atoms with E-state index in [1.807, 2.05) is 17.0 Å². The van der Waals surface area contributed by atoms with Crippen molar-refractivity contribution in [3.05, 3.63) is 59.7 Å². The molecule has 21 heavy (non-hydrogen) atoms. The standard InChI is InChI=1S/C16H14FN3O/c17-12-3-1-2-11(6-12)16-8-15(21)10-20(16)14-4-5-19-13(7-14)9-18/h1-7,15-16,21H,8,10H2/t15-,16+/m1/s1. The largest absolute Gasteiger partial charge is 0.391 e. The molecule has 0 bridgehead atoms. The summed E-state index contributed by atoms with van der Waals surface area (Å²) >= 11 is 0. The topological polar surface area (TPSA) is 60.2 Å². The Bertz CT molecular complexity index is 698. The van der Waals surface area contributed by atoms with E-state index < -0.39 is 6.10 Å². The van der Waals surface area contributed by atoms with E-state index in [4.69, 9.17) is 5.26 Å². The Morgan fingerprint density at radius 3 is 2.95 bits per heavy atom. The minimum atomic E-state index is -0.475. The third-order valence-electron chi connectivity index (χ3n) is 3.70. The molecule has 0 aliphatic carbocycles. The molecule has 0 radical (unpaired) electrons. The number of pyridine rings is 1. The second kappa shape index (κ2) is 5.51.